The molecular weight excluding hydrogens is 591 g/mol. The van der Waals surface area contributed by atoms with Crippen LogP contribution in [0.1, 0.15) is 47.9 Å². The number of rotatable bonds is 6. The van der Waals surface area contributed by atoms with Crippen LogP contribution in [0.5, 0.6) is 5.75 Å². The number of sulfone groups is 1. The molecule has 3 N–H and O–H groups in total. The molecule has 226 valence electrons. The summed E-state index contributed by atoms with van der Waals surface area (Å²) in [6.07, 6.45) is 9.73. The maximum atomic E-state index is 14.3. The number of carbonyl (C=O) groups excluding carboxylic acids is 1. The third-order valence-corrected chi connectivity index (χ3v) is 9.54. The van der Waals surface area contributed by atoms with E-state index in [1.165, 1.54) is 36.3 Å². The summed E-state index contributed by atoms with van der Waals surface area (Å²) in [6.45, 7) is 0. The molecule has 16 heteroatoms. The number of methoxy groups -OCH3 is 1. The normalized spacial score (nSPS) is 19.9. The first-order valence-electron chi connectivity index (χ1n) is 13.9. The lowest BCUT2D eigenvalue weighted by molar-refractivity contribution is 0.0556. The van der Waals surface area contributed by atoms with Crippen molar-refractivity contribution in [3.05, 3.63) is 60.5 Å². The van der Waals surface area contributed by atoms with Crippen molar-refractivity contribution >= 4 is 27.2 Å². The minimum atomic E-state index is -3.80. The smallest absolute Gasteiger partial charge is 0.292 e. The van der Waals surface area contributed by atoms with E-state index < -0.39 is 15.7 Å². The van der Waals surface area contributed by atoms with Crippen molar-refractivity contribution < 1.29 is 22.3 Å². The Morgan fingerprint density at radius 1 is 1.11 bits per heavy atom. The number of fused-ring (bicyclic) bond motifs is 3. The number of hydrogen-bond acceptors (Lipinski definition) is 11. The van der Waals surface area contributed by atoms with Gasteiger partial charge in [0.1, 0.15) is 17.0 Å². The average Bonchev–Trinajstić information content (AvgIpc) is 3.75. The number of H-pyrrole nitrogens is 1. The molecule has 0 saturated carbocycles. The topological polar surface area (TPSA) is 187 Å². The Morgan fingerprint density at radius 3 is 2.45 bits per heavy atom. The molecule has 2 saturated heterocycles. The van der Waals surface area contributed by atoms with Crippen LogP contribution in [0.15, 0.2) is 48.0 Å². The van der Waals surface area contributed by atoms with Crippen LogP contribution in [0.2, 0.25) is 0 Å². The Bertz CT molecular complexity index is 2000. The lowest BCUT2D eigenvalue weighted by Crippen LogP contribution is -2.46. The van der Waals surface area contributed by atoms with Gasteiger partial charge in [-0.25, -0.2) is 27.8 Å². The van der Waals surface area contributed by atoms with E-state index in [1.807, 2.05) is 4.90 Å². The van der Waals surface area contributed by atoms with Gasteiger partial charge in [0, 0.05) is 53.3 Å². The molecule has 3 atom stereocenters. The fourth-order valence-electron chi connectivity index (χ4n) is 6.46. The van der Waals surface area contributed by atoms with E-state index in [2.05, 4.69) is 30.2 Å². The van der Waals surface area contributed by atoms with Crippen LogP contribution in [-0.2, 0) is 9.84 Å². The summed E-state index contributed by atoms with van der Waals surface area (Å²) >= 11 is 0. The van der Waals surface area contributed by atoms with Gasteiger partial charge in [0.05, 0.1) is 19.0 Å². The fraction of sp³-hybridized carbons (Fsp3) is 0.321. The highest BCUT2D eigenvalue weighted by Gasteiger charge is 2.46. The molecule has 1 amide bonds. The molecule has 0 radical (unpaired) electrons. The molecule has 6 heterocycles. The lowest BCUT2D eigenvalue weighted by Gasteiger charge is -2.38. The van der Waals surface area contributed by atoms with Gasteiger partial charge in [-0.15, -0.1) is 10.2 Å². The zero-order valence-corrected chi connectivity index (χ0v) is 24.5. The van der Waals surface area contributed by atoms with Gasteiger partial charge in [-0.2, -0.15) is 9.61 Å². The number of nitrogens with one attached hydrogen (secondary N) is 1. The highest BCUT2D eigenvalue weighted by molar-refractivity contribution is 7.91. The molecule has 0 unspecified atom stereocenters. The number of halogens is 1. The largest absolute Gasteiger partial charge is 0.494 e. The number of nitrogens with two attached hydrogens (primary N) is 1. The fourth-order valence-corrected chi connectivity index (χ4v) is 7.52. The number of piperidine rings is 1. The monoisotopic (exact) mass is 618 g/mol. The van der Waals surface area contributed by atoms with Crippen LogP contribution in [0.4, 0.5) is 10.2 Å². The number of aromatic nitrogens is 8. The van der Waals surface area contributed by atoms with Crippen molar-refractivity contribution in [2.24, 2.45) is 0 Å². The first-order chi connectivity index (χ1) is 21.1. The van der Waals surface area contributed by atoms with E-state index >= 15 is 0 Å². The summed E-state index contributed by atoms with van der Waals surface area (Å²) in [6, 6.07) is 4.22. The highest BCUT2D eigenvalue weighted by Crippen LogP contribution is 2.45. The number of ether oxygens (including phenoxy) is 1. The number of nitrogen functional groups attached to an aromatic ring is 1. The highest BCUT2D eigenvalue weighted by atomic mass is 32.2. The van der Waals surface area contributed by atoms with Gasteiger partial charge in [-0.3, -0.25) is 4.79 Å². The van der Waals surface area contributed by atoms with Gasteiger partial charge in [-0.1, -0.05) is 0 Å². The van der Waals surface area contributed by atoms with E-state index in [1.54, 1.807) is 18.5 Å². The van der Waals surface area contributed by atoms with Crippen LogP contribution in [-0.4, -0.2) is 84.4 Å². The molecule has 1 aromatic carbocycles. The van der Waals surface area contributed by atoms with Crippen LogP contribution < -0.4 is 10.5 Å². The number of carbonyl (C=O) groups is 1. The van der Waals surface area contributed by atoms with Crippen LogP contribution in [0.3, 0.4) is 0 Å². The summed E-state index contributed by atoms with van der Waals surface area (Å²) in [5.41, 5.74) is 8.78. The van der Waals surface area contributed by atoms with Crippen LogP contribution in [0, 0.1) is 5.82 Å². The summed E-state index contributed by atoms with van der Waals surface area (Å²) in [5, 5.41) is 12.0. The molecule has 2 aliphatic heterocycles. The molecule has 2 fully saturated rings. The lowest BCUT2D eigenvalue weighted by atomic mass is 9.87. The maximum absolute atomic E-state index is 14.3. The quantitative estimate of drug-likeness (QED) is 0.285. The van der Waals surface area contributed by atoms with E-state index in [9.17, 15) is 17.6 Å². The summed E-state index contributed by atoms with van der Waals surface area (Å²) in [5.74, 6) is -0.469. The average molecular weight is 619 g/mol. The van der Waals surface area contributed by atoms with Crippen molar-refractivity contribution in [1.82, 2.24) is 44.6 Å². The van der Waals surface area contributed by atoms with Crippen molar-refractivity contribution in [3.63, 3.8) is 0 Å². The number of benzene rings is 1. The van der Waals surface area contributed by atoms with E-state index in [0.717, 1.165) is 19.1 Å². The van der Waals surface area contributed by atoms with Gasteiger partial charge in [0.2, 0.25) is 5.82 Å². The number of hydrogen-bond donors (Lipinski definition) is 2. The van der Waals surface area contributed by atoms with Gasteiger partial charge in [0.15, 0.2) is 32.9 Å². The Labute approximate surface area is 250 Å². The summed E-state index contributed by atoms with van der Waals surface area (Å²) < 4.78 is 46.7. The SMILES string of the molecule is COc1ccc(-c2ncc(-c3cnn4c(N)c(S(C)(=O)=O)c([C@H]5C[C@H]6CC[C@@H](C5)N6C(=O)c5nnc[nH]5)nc34)cn2)cc1F. The maximum Gasteiger partial charge on any atom is 0.292 e. The molecule has 0 aliphatic carbocycles. The second kappa shape index (κ2) is 10.3. The Kier molecular flexibility index (Phi) is 6.53. The minimum absolute atomic E-state index is 0.0440. The van der Waals surface area contributed by atoms with Crippen molar-refractivity contribution in [2.75, 3.05) is 19.1 Å². The van der Waals surface area contributed by atoms with E-state index in [-0.39, 0.29) is 46.2 Å². The molecule has 4 aromatic heterocycles. The van der Waals surface area contributed by atoms with Gasteiger partial charge >= 0.3 is 0 Å². The molecule has 2 bridgehead atoms. The third-order valence-electron chi connectivity index (χ3n) is 8.38. The van der Waals surface area contributed by atoms with Gasteiger partial charge in [-0.05, 0) is 43.9 Å². The number of aromatic amines is 1. The second-order valence-corrected chi connectivity index (χ2v) is 13.0. The summed E-state index contributed by atoms with van der Waals surface area (Å²) in [7, 11) is -2.41. The first-order valence-corrected chi connectivity index (χ1v) is 15.8. The van der Waals surface area contributed by atoms with Gasteiger partial charge in [0.25, 0.3) is 5.91 Å². The van der Waals surface area contributed by atoms with Crippen LogP contribution in [0.25, 0.3) is 28.2 Å². The second-order valence-electron chi connectivity index (χ2n) is 11.0. The third kappa shape index (κ3) is 4.52. The van der Waals surface area contributed by atoms with Crippen molar-refractivity contribution in [1.29, 1.82) is 0 Å². The molecular formula is C28H27FN10O4S. The number of anilines is 1. The van der Waals surface area contributed by atoms with Crippen molar-refractivity contribution in [2.45, 2.75) is 48.6 Å². The molecule has 5 aromatic rings. The van der Waals surface area contributed by atoms with Crippen molar-refractivity contribution in [3.8, 4) is 28.3 Å². The Hall–Kier alpha value is -4.99. The van der Waals surface area contributed by atoms with Crippen LogP contribution >= 0.6 is 0 Å². The Morgan fingerprint density at radius 2 is 1.84 bits per heavy atom. The van der Waals surface area contributed by atoms with E-state index in [0.29, 0.717) is 46.7 Å². The van der Waals surface area contributed by atoms with Gasteiger partial charge < -0.3 is 20.4 Å². The number of amides is 1. The predicted octanol–water partition coefficient (Wildman–Crippen LogP) is 2.66. The zero-order valence-electron chi connectivity index (χ0n) is 23.7. The minimum Gasteiger partial charge on any atom is -0.494 e. The molecule has 0 spiro atoms. The zero-order chi connectivity index (χ0) is 30.7. The Balaban J connectivity index is 1.26. The van der Waals surface area contributed by atoms with E-state index in [4.69, 9.17) is 15.5 Å². The standard InChI is InChI=1S/C28H27FN10O4S/c1-43-21-6-3-14(9-20(21)29)25-31-10-16(11-32-25)19-12-35-39-24(30)23(44(2,41)42)22(36-27(19)39)15-7-17-4-5-18(8-15)38(17)28(40)26-33-13-34-37-26/h3,6,9-13,15,17-18H,4-5,7-8,30H2,1-2H3,(H,33,34,37)/t15-,17+,18-. The molecule has 44 heavy (non-hydrogen) atoms. The molecule has 2 aliphatic rings. The summed E-state index contributed by atoms with van der Waals surface area (Å²) in [4.78, 5) is 31.4. The molecule has 7 rings (SSSR count). The first kappa shape index (κ1) is 27.8. The molecule has 14 nitrogen and oxygen atoms in total. The predicted molar refractivity (Wildman–Crippen MR) is 155 cm³/mol. The number of nitrogens with zero attached hydrogens (tertiary/aromatic N) is 8.